The van der Waals surface area contributed by atoms with Gasteiger partial charge in [-0.2, -0.15) is 0 Å². The molecule has 1 aliphatic heterocycles. The van der Waals surface area contributed by atoms with Gasteiger partial charge in [-0.05, 0) is 12.1 Å². The number of hydrogen-bond donors (Lipinski definition) is 0. The van der Waals surface area contributed by atoms with Gasteiger partial charge in [0.2, 0.25) is 5.90 Å². The number of hydrogen-bond acceptors (Lipinski definition) is 3. The number of halogens is 1. The molecule has 1 aromatic rings. The second-order valence-corrected chi connectivity index (χ2v) is 2.83. The molecule has 0 atom stereocenters. The lowest BCUT2D eigenvalue weighted by molar-refractivity contribution is 0.347. The number of aliphatic imine (C=N–C) groups is 1. The van der Waals surface area contributed by atoms with Gasteiger partial charge in [0.05, 0.1) is 11.6 Å². The molecule has 0 N–H and O–H groups in total. The molecule has 3 nitrogen and oxygen atoms in total. The quantitative estimate of drug-likeness (QED) is 0.660. The van der Waals surface area contributed by atoms with Gasteiger partial charge in [0, 0.05) is 6.20 Å². The number of nitrogens with zero attached hydrogens (tertiary/aromatic N) is 2. The third-order valence-electron chi connectivity index (χ3n) is 1.53. The van der Waals surface area contributed by atoms with Crippen LogP contribution in [-0.2, 0) is 4.74 Å². The van der Waals surface area contributed by atoms with Crippen molar-refractivity contribution in [3.63, 3.8) is 0 Å². The van der Waals surface area contributed by atoms with Crippen LogP contribution in [0, 0.1) is 0 Å². The molecule has 0 aromatic carbocycles. The second-order valence-electron chi connectivity index (χ2n) is 2.40. The first-order valence-corrected chi connectivity index (χ1v) is 4.03. The summed E-state index contributed by atoms with van der Waals surface area (Å²) >= 11 is 5.68. The Morgan fingerprint density at radius 2 is 2.33 bits per heavy atom. The summed E-state index contributed by atoms with van der Waals surface area (Å²) in [5.41, 5.74) is 0.747. The predicted molar refractivity (Wildman–Crippen MR) is 46.6 cm³/mol. The van der Waals surface area contributed by atoms with Gasteiger partial charge in [-0.1, -0.05) is 11.6 Å². The molecule has 0 saturated carbocycles. The summed E-state index contributed by atoms with van der Waals surface area (Å²) in [5.74, 6) is 0.617. The Kier molecular flexibility index (Phi) is 1.96. The molecule has 1 aromatic heterocycles. The van der Waals surface area contributed by atoms with Gasteiger partial charge in [-0.3, -0.25) is 0 Å². The van der Waals surface area contributed by atoms with Crippen molar-refractivity contribution in [2.45, 2.75) is 0 Å². The van der Waals surface area contributed by atoms with Crippen LogP contribution in [0.4, 0.5) is 0 Å². The van der Waals surface area contributed by atoms with E-state index in [1.54, 1.807) is 18.3 Å². The van der Waals surface area contributed by atoms with Crippen LogP contribution < -0.4 is 0 Å². The zero-order valence-corrected chi connectivity index (χ0v) is 7.08. The van der Waals surface area contributed by atoms with E-state index in [4.69, 9.17) is 16.3 Å². The van der Waals surface area contributed by atoms with E-state index in [1.165, 1.54) is 0 Å². The van der Waals surface area contributed by atoms with Gasteiger partial charge in [0.25, 0.3) is 0 Å². The predicted octanol–water partition coefficient (Wildman–Crippen LogP) is 1.51. The van der Waals surface area contributed by atoms with Crippen LogP contribution in [0.25, 0.3) is 0 Å². The lowest BCUT2D eigenvalue weighted by Crippen LogP contribution is -2.02. The summed E-state index contributed by atoms with van der Waals surface area (Å²) < 4.78 is 5.22. The topological polar surface area (TPSA) is 34.5 Å². The average molecular weight is 183 g/mol. The second kappa shape index (κ2) is 3.11. The van der Waals surface area contributed by atoms with Crippen LogP contribution in [0.5, 0.6) is 0 Å². The molecule has 0 saturated heterocycles. The number of ether oxygens (including phenoxy) is 1. The highest BCUT2D eigenvalue weighted by Gasteiger charge is 2.10. The van der Waals surface area contributed by atoms with Crippen molar-refractivity contribution in [2.75, 3.05) is 13.2 Å². The van der Waals surface area contributed by atoms with Gasteiger partial charge < -0.3 is 4.74 Å². The van der Waals surface area contributed by atoms with Crippen molar-refractivity contribution in [1.82, 2.24) is 4.98 Å². The molecule has 12 heavy (non-hydrogen) atoms. The van der Waals surface area contributed by atoms with Gasteiger partial charge in [0.15, 0.2) is 0 Å². The molecule has 2 heterocycles. The van der Waals surface area contributed by atoms with Crippen molar-refractivity contribution >= 4 is 17.5 Å². The smallest absolute Gasteiger partial charge is 0.235 e. The monoisotopic (exact) mass is 182 g/mol. The summed E-state index contributed by atoms with van der Waals surface area (Å²) in [6.07, 6.45) is 1.58. The molecule has 62 valence electrons. The highest BCUT2D eigenvalue weighted by molar-refractivity contribution is 6.30. The zero-order chi connectivity index (χ0) is 8.39. The third kappa shape index (κ3) is 1.41. The minimum atomic E-state index is 0.617. The van der Waals surface area contributed by atoms with Gasteiger partial charge in [-0.25, -0.2) is 9.98 Å². The Morgan fingerprint density at radius 1 is 1.42 bits per heavy atom. The molecular weight excluding hydrogens is 176 g/mol. The third-order valence-corrected chi connectivity index (χ3v) is 1.76. The summed E-state index contributed by atoms with van der Waals surface area (Å²) in [7, 11) is 0. The van der Waals surface area contributed by atoms with Gasteiger partial charge >= 0.3 is 0 Å². The fourth-order valence-electron chi connectivity index (χ4n) is 0.992. The number of rotatable bonds is 1. The first kappa shape index (κ1) is 7.55. The van der Waals surface area contributed by atoms with Crippen LogP contribution in [0.2, 0.25) is 5.02 Å². The fourth-order valence-corrected chi connectivity index (χ4v) is 1.10. The van der Waals surface area contributed by atoms with Crippen molar-refractivity contribution in [3.8, 4) is 0 Å². The molecule has 4 heteroatoms. The molecule has 0 fully saturated rings. The average Bonchev–Trinajstić information content (AvgIpc) is 2.58. The molecule has 0 radical (unpaired) electrons. The molecule has 0 unspecified atom stereocenters. The van der Waals surface area contributed by atoms with Crippen LogP contribution >= 0.6 is 11.6 Å². The fraction of sp³-hybridized carbons (Fsp3) is 0.250. The minimum Gasteiger partial charge on any atom is -0.474 e. The van der Waals surface area contributed by atoms with Gasteiger partial charge in [0.1, 0.15) is 12.3 Å². The normalized spacial score (nSPS) is 15.6. The molecular formula is C8H7ClN2O. The largest absolute Gasteiger partial charge is 0.474 e. The molecule has 0 aliphatic carbocycles. The van der Waals surface area contributed by atoms with Crippen LogP contribution in [0.3, 0.4) is 0 Å². The van der Waals surface area contributed by atoms with E-state index in [9.17, 15) is 0 Å². The Bertz CT molecular complexity index is 307. The van der Waals surface area contributed by atoms with Crippen molar-refractivity contribution in [1.29, 1.82) is 0 Å². The van der Waals surface area contributed by atoms with E-state index < -0.39 is 0 Å². The first-order valence-electron chi connectivity index (χ1n) is 3.65. The maximum Gasteiger partial charge on any atom is 0.235 e. The first-order chi connectivity index (χ1) is 5.86. The van der Waals surface area contributed by atoms with E-state index in [0.717, 1.165) is 12.2 Å². The van der Waals surface area contributed by atoms with E-state index >= 15 is 0 Å². The number of pyridine rings is 1. The molecule has 0 spiro atoms. The van der Waals surface area contributed by atoms with Crippen LogP contribution in [-0.4, -0.2) is 24.0 Å². The number of aromatic nitrogens is 1. The summed E-state index contributed by atoms with van der Waals surface area (Å²) in [4.78, 5) is 8.20. The standard InChI is InChI=1S/C8H7ClN2O/c9-6-1-2-7(11-5-6)8-10-3-4-12-8/h1-2,5H,3-4H2. The lowest BCUT2D eigenvalue weighted by atomic mass is 10.3. The molecule has 0 bridgehead atoms. The Balaban J connectivity index is 2.28. The van der Waals surface area contributed by atoms with Crippen molar-refractivity contribution in [2.24, 2.45) is 4.99 Å². The zero-order valence-electron chi connectivity index (χ0n) is 6.33. The van der Waals surface area contributed by atoms with E-state index in [0.29, 0.717) is 17.5 Å². The summed E-state index contributed by atoms with van der Waals surface area (Å²) in [6, 6.07) is 3.57. The van der Waals surface area contributed by atoms with Crippen LogP contribution in [0.15, 0.2) is 23.3 Å². The SMILES string of the molecule is Clc1ccc(C2=NCCO2)nc1. The van der Waals surface area contributed by atoms with E-state index in [-0.39, 0.29) is 0 Å². The maximum atomic E-state index is 5.68. The highest BCUT2D eigenvalue weighted by Crippen LogP contribution is 2.09. The maximum absolute atomic E-state index is 5.68. The Morgan fingerprint density at radius 3 is 2.92 bits per heavy atom. The lowest BCUT2D eigenvalue weighted by Gasteiger charge is -1.99. The Hall–Kier alpha value is -1.09. The Labute approximate surface area is 75.1 Å². The van der Waals surface area contributed by atoms with Crippen LogP contribution in [0.1, 0.15) is 5.69 Å². The van der Waals surface area contributed by atoms with Gasteiger partial charge in [-0.15, -0.1) is 0 Å². The van der Waals surface area contributed by atoms with Crippen molar-refractivity contribution < 1.29 is 4.74 Å². The van der Waals surface area contributed by atoms with E-state index in [1.807, 2.05) is 0 Å². The highest BCUT2D eigenvalue weighted by atomic mass is 35.5. The molecule has 0 amide bonds. The molecule has 2 rings (SSSR count). The summed E-state index contributed by atoms with van der Waals surface area (Å²) in [6.45, 7) is 1.37. The minimum absolute atomic E-state index is 0.617. The summed E-state index contributed by atoms with van der Waals surface area (Å²) in [5, 5.41) is 0.623. The van der Waals surface area contributed by atoms with E-state index in [2.05, 4.69) is 9.98 Å². The molecule has 1 aliphatic rings. The van der Waals surface area contributed by atoms with Crippen molar-refractivity contribution in [3.05, 3.63) is 29.0 Å².